The number of aromatic nitrogens is 3. The lowest BCUT2D eigenvalue weighted by molar-refractivity contribution is 0.414. The van der Waals surface area contributed by atoms with Crippen molar-refractivity contribution in [2.75, 3.05) is 27.3 Å². The Balaban J connectivity index is 1.48. The average molecular weight is 449 g/mol. The molecular weight excluding hydrogens is 416 g/mol. The largest absolute Gasteiger partial charge is 0.497 e. The van der Waals surface area contributed by atoms with E-state index in [0.29, 0.717) is 19.0 Å². The first-order valence-corrected chi connectivity index (χ1v) is 11.2. The molecule has 1 unspecified atom stereocenters. The Bertz CT molecular complexity index is 1080. The van der Waals surface area contributed by atoms with Crippen LogP contribution in [0.5, 0.6) is 11.5 Å². The van der Waals surface area contributed by atoms with E-state index in [1.165, 1.54) is 5.56 Å². The summed E-state index contributed by atoms with van der Waals surface area (Å²) in [5.74, 6) is 4.86. The standard InChI is InChI=1S/C25H32N6O2/c1-18-28-29-24(30(18)2)16-27-25(26-15-19-5-9-22(32-3)10-6-19)31-14-13-21(17-31)20-7-11-23(33-4)12-8-20/h5-12,21H,13-17H2,1-4H3,(H,26,27). The number of benzene rings is 2. The van der Waals surface area contributed by atoms with Crippen molar-refractivity contribution in [3.05, 3.63) is 71.3 Å². The molecule has 2 aromatic carbocycles. The molecule has 1 atom stereocenters. The van der Waals surface area contributed by atoms with Crippen LogP contribution >= 0.6 is 0 Å². The highest BCUT2D eigenvalue weighted by atomic mass is 16.5. The first-order valence-electron chi connectivity index (χ1n) is 11.2. The number of hydrogen-bond donors (Lipinski definition) is 1. The van der Waals surface area contributed by atoms with Crippen LogP contribution < -0.4 is 14.8 Å². The third kappa shape index (κ3) is 5.45. The van der Waals surface area contributed by atoms with Gasteiger partial charge in [0.2, 0.25) is 0 Å². The summed E-state index contributed by atoms with van der Waals surface area (Å²) in [6.07, 6.45) is 1.08. The highest BCUT2D eigenvalue weighted by Gasteiger charge is 2.26. The zero-order valence-corrected chi connectivity index (χ0v) is 19.8. The third-order valence-electron chi connectivity index (χ3n) is 6.23. The van der Waals surface area contributed by atoms with Crippen LogP contribution in [0.2, 0.25) is 0 Å². The minimum Gasteiger partial charge on any atom is -0.497 e. The van der Waals surface area contributed by atoms with E-state index in [2.05, 4.69) is 44.7 Å². The van der Waals surface area contributed by atoms with Crippen molar-refractivity contribution in [3.8, 4) is 11.5 Å². The van der Waals surface area contributed by atoms with Crippen LogP contribution in [-0.2, 0) is 20.1 Å². The predicted octanol–water partition coefficient (Wildman–Crippen LogP) is 3.28. The second-order valence-corrected chi connectivity index (χ2v) is 8.27. The summed E-state index contributed by atoms with van der Waals surface area (Å²) in [7, 11) is 5.36. The molecule has 0 amide bonds. The number of likely N-dealkylation sites (tertiary alicyclic amines) is 1. The molecule has 8 heteroatoms. The van der Waals surface area contributed by atoms with Crippen LogP contribution in [0.3, 0.4) is 0 Å². The number of hydrogen-bond acceptors (Lipinski definition) is 5. The number of rotatable bonds is 7. The maximum atomic E-state index is 5.30. The maximum Gasteiger partial charge on any atom is 0.194 e. The molecule has 2 heterocycles. The molecule has 1 aliphatic rings. The third-order valence-corrected chi connectivity index (χ3v) is 6.23. The van der Waals surface area contributed by atoms with Gasteiger partial charge >= 0.3 is 0 Å². The van der Waals surface area contributed by atoms with Gasteiger partial charge in [0.1, 0.15) is 17.3 Å². The van der Waals surface area contributed by atoms with Crippen molar-refractivity contribution in [2.45, 2.75) is 32.4 Å². The van der Waals surface area contributed by atoms with Gasteiger partial charge in [-0.15, -0.1) is 10.2 Å². The van der Waals surface area contributed by atoms with E-state index in [4.69, 9.17) is 14.5 Å². The number of ether oxygens (including phenoxy) is 2. The Morgan fingerprint density at radius 2 is 1.70 bits per heavy atom. The highest BCUT2D eigenvalue weighted by Crippen LogP contribution is 2.28. The normalized spacial score (nSPS) is 16.2. The number of methoxy groups -OCH3 is 2. The molecule has 0 bridgehead atoms. The minimum absolute atomic E-state index is 0.459. The van der Waals surface area contributed by atoms with Crippen LogP contribution in [0.4, 0.5) is 0 Å². The molecular formula is C25H32N6O2. The smallest absolute Gasteiger partial charge is 0.194 e. The topological polar surface area (TPSA) is 76.8 Å². The molecule has 1 saturated heterocycles. The quantitative estimate of drug-likeness (QED) is 0.442. The van der Waals surface area contributed by atoms with Crippen molar-refractivity contribution < 1.29 is 9.47 Å². The fraction of sp³-hybridized carbons (Fsp3) is 0.400. The van der Waals surface area contributed by atoms with Gasteiger partial charge in [0.25, 0.3) is 0 Å². The van der Waals surface area contributed by atoms with Gasteiger partial charge < -0.3 is 24.3 Å². The number of aliphatic imine (C=N–C) groups is 1. The van der Waals surface area contributed by atoms with Crippen molar-refractivity contribution in [2.24, 2.45) is 12.0 Å². The Labute approximate surface area is 195 Å². The molecule has 0 spiro atoms. The second kappa shape index (κ2) is 10.4. The van der Waals surface area contributed by atoms with Crippen LogP contribution in [0.1, 0.15) is 35.1 Å². The molecule has 0 saturated carbocycles. The molecule has 1 N–H and O–H groups in total. The fourth-order valence-electron chi connectivity index (χ4n) is 4.03. The zero-order chi connectivity index (χ0) is 23.2. The number of nitrogens with one attached hydrogen (secondary N) is 1. The van der Waals surface area contributed by atoms with Crippen LogP contribution in [0.15, 0.2) is 53.5 Å². The van der Waals surface area contributed by atoms with E-state index >= 15 is 0 Å². The Kier molecular flexibility index (Phi) is 7.12. The Morgan fingerprint density at radius 3 is 2.30 bits per heavy atom. The highest BCUT2D eigenvalue weighted by molar-refractivity contribution is 5.80. The van der Waals surface area contributed by atoms with Gasteiger partial charge in [-0.3, -0.25) is 0 Å². The van der Waals surface area contributed by atoms with Crippen molar-refractivity contribution in [1.29, 1.82) is 0 Å². The summed E-state index contributed by atoms with van der Waals surface area (Å²) in [4.78, 5) is 7.29. The first kappa shape index (κ1) is 22.6. The van der Waals surface area contributed by atoms with Gasteiger partial charge in [0.05, 0.1) is 27.3 Å². The molecule has 0 aliphatic carbocycles. The van der Waals surface area contributed by atoms with Crippen LogP contribution in [-0.4, -0.2) is 52.9 Å². The molecule has 174 valence electrons. The van der Waals surface area contributed by atoms with Crippen LogP contribution in [0.25, 0.3) is 0 Å². The number of nitrogens with zero attached hydrogens (tertiary/aromatic N) is 5. The maximum absolute atomic E-state index is 5.30. The Hall–Kier alpha value is -3.55. The molecule has 3 aromatic rings. The molecule has 1 fully saturated rings. The van der Waals surface area contributed by atoms with E-state index in [1.807, 2.05) is 42.8 Å². The number of guanidine groups is 1. The molecule has 1 aromatic heterocycles. The fourth-order valence-corrected chi connectivity index (χ4v) is 4.03. The summed E-state index contributed by atoms with van der Waals surface area (Å²) in [6.45, 7) is 4.98. The lowest BCUT2D eigenvalue weighted by Gasteiger charge is -2.22. The zero-order valence-electron chi connectivity index (χ0n) is 19.8. The van der Waals surface area contributed by atoms with Crippen molar-refractivity contribution in [1.82, 2.24) is 25.0 Å². The SMILES string of the molecule is COc1ccc(CN=C(NCc2nnc(C)n2C)N2CCC(c3ccc(OC)cc3)C2)cc1. The second-order valence-electron chi connectivity index (χ2n) is 8.27. The molecule has 4 rings (SSSR count). The first-order chi connectivity index (χ1) is 16.1. The lowest BCUT2D eigenvalue weighted by Crippen LogP contribution is -2.40. The summed E-state index contributed by atoms with van der Waals surface area (Å²) in [6, 6.07) is 16.4. The number of aryl methyl sites for hydroxylation is 1. The van der Waals surface area contributed by atoms with Gasteiger partial charge in [-0.25, -0.2) is 4.99 Å². The predicted molar refractivity (Wildman–Crippen MR) is 129 cm³/mol. The van der Waals surface area contributed by atoms with Gasteiger partial charge in [-0.1, -0.05) is 24.3 Å². The summed E-state index contributed by atoms with van der Waals surface area (Å²) in [5.41, 5.74) is 2.47. The average Bonchev–Trinajstić information content (AvgIpc) is 3.47. The lowest BCUT2D eigenvalue weighted by atomic mass is 9.98. The van der Waals surface area contributed by atoms with Gasteiger partial charge in [0, 0.05) is 26.1 Å². The Morgan fingerprint density at radius 1 is 1.03 bits per heavy atom. The molecule has 33 heavy (non-hydrogen) atoms. The van der Waals surface area contributed by atoms with E-state index < -0.39 is 0 Å². The molecule has 8 nitrogen and oxygen atoms in total. The van der Waals surface area contributed by atoms with E-state index in [9.17, 15) is 0 Å². The van der Waals surface area contributed by atoms with Crippen molar-refractivity contribution >= 4 is 5.96 Å². The molecule has 1 aliphatic heterocycles. The van der Waals surface area contributed by atoms with Gasteiger partial charge in [-0.2, -0.15) is 0 Å². The van der Waals surface area contributed by atoms with Gasteiger partial charge in [0.15, 0.2) is 11.8 Å². The van der Waals surface area contributed by atoms with E-state index in [0.717, 1.165) is 54.2 Å². The van der Waals surface area contributed by atoms with Gasteiger partial charge in [-0.05, 0) is 48.7 Å². The summed E-state index contributed by atoms with van der Waals surface area (Å²) >= 11 is 0. The summed E-state index contributed by atoms with van der Waals surface area (Å²) in [5, 5.41) is 12.0. The van der Waals surface area contributed by atoms with Crippen molar-refractivity contribution in [3.63, 3.8) is 0 Å². The van der Waals surface area contributed by atoms with E-state index in [1.54, 1.807) is 14.2 Å². The molecule has 0 radical (unpaired) electrons. The van der Waals surface area contributed by atoms with E-state index in [-0.39, 0.29) is 0 Å². The monoisotopic (exact) mass is 448 g/mol. The van der Waals surface area contributed by atoms with Crippen LogP contribution in [0, 0.1) is 6.92 Å². The minimum atomic E-state index is 0.459. The summed E-state index contributed by atoms with van der Waals surface area (Å²) < 4.78 is 12.6.